The number of halogens is 2. The van der Waals surface area contributed by atoms with Crippen LogP contribution in [0, 0.1) is 10.1 Å². The quantitative estimate of drug-likeness (QED) is 0.624. The molecule has 10 heteroatoms. The Kier molecular flexibility index (Phi) is 3.14. The standard InChI is InChI=1S/C6H5F2N3O4S/c7-5(8)3-1-2-4(11(12)13)10-6(3)16(9,14)15/h1-2,5H,(H2,9,14,15). The second-order valence-electron chi connectivity index (χ2n) is 2.67. The molecular weight excluding hydrogens is 248 g/mol. The second kappa shape index (κ2) is 4.06. The van der Waals surface area contributed by atoms with Gasteiger partial charge in [0.2, 0.25) is 0 Å². The summed E-state index contributed by atoms with van der Waals surface area (Å²) in [6, 6.07) is 1.28. The van der Waals surface area contributed by atoms with E-state index >= 15 is 0 Å². The molecule has 88 valence electrons. The van der Waals surface area contributed by atoms with Gasteiger partial charge in [0, 0.05) is 6.07 Å². The molecular formula is C6H5F2N3O4S. The first-order chi connectivity index (χ1) is 7.23. The van der Waals surface area contributed by atoms with Crippen LogP contribution in [0.25, 0.3) is 0 Å². The fourth-order valence-electron chi connectivity index (χ4n) is 0.937. The van der Waals surface area contributed by atoms with Crippen molar-refractivity contribution in [3.05, 3.63) is 27.8 Å². The lowest BCUT2D eigenvalue weighted by Crippen LogP contribution is -2.17. The molecule has 0 aromatic carbocycles. The van der Waals surface area contributed by atoms with Gasteiger partial charge in [0.1, 0.15) is 0 Å². The van der Waals surface area contributed by atoms with Crippen LogP contribution in [0.2, 0.25) is 0 Å². The molecule has 0 bridgehead atoms. The average Bonchev–Trinajstić information content (AvgIpc) is 2.15. The molecule has 1 heterocycles. The molecule has 0 atom stereocenters. The highest BCUT2D eigenvalue weighted by atomic mass is 32.2. The Hall–Kier alpha value is -1.68. The molecule has 0 saturated carbocycles. The van der Waals surface area contributed by atoms with Crippen LogP contribution in [0.1, 0.15) is 12.0 Å². The SMILES string of the molecule is NS(=O)(=O)c1nc([N+](=O)[O-])ccc1C(F)F. The van der Waals surface area contributed by atoms with E-state index in [4.69, 9.17) is 0 Å². The minimum atomic E-state index is -4.53. The lowest BCUT2D eigenvalue weighted by Gasteiger charge is -2.01. The Morgan fingerprint density at radius 3 is 2.38 bits per heavy atom. The van der Waals surface area contributed by atoms with Crippen molar-refractivity contribution in [2.75, 3.05) is 0 Å². The molecule has 1 aromatic heterocycles. The first-order valence-corrected chi connectivity index (χ1v) is 5.24. The molecule has 0 fully saturated rings. The Morgan fingerprint density at radius 1 is 1.44 bits per heavy atom. The van der Waals surface area contributed by atoms with Crippen LogP contribution in [0.5, 0.6) is 0 Å². The maximum Gasteiger partial charge on any atom is 0.364 e. The number of rotatable bonds is 3. The number of hydrogen-bond acceptors (Lipinski definition) is 5. The molecule has 0 aliphatic heterocycles. The predicted octanol–water partition coefficient (Wildman–Crippen LogP) is 0.575. The molecule has 0 radical (unpaired) electrons. The third-order valence-electron chi connectivity index (χ3n) is 1.57. The number of alkyl halides is 2. The van der Waals surface area contributed by atoms with Crippen LogP contribution in [0.15, 0.2) is 17.2 Å². The minimum Gasteiger partial charge on any atom is -0.358 e. The van der Waals surface area contributed by atoms with Crippen LogP contribution >= 0.6 is 0 Å². The molecule has 7 nitrogen and oxygen atoms in total. The first kappa shape index (κ1) is 12.4. The number of nitro groups is 1. The third-order valence-corrected chi connectivity index (χ3v) is 2.43. The second-order valence-corrected chi connectivity index (χ2v) is 4.14. The van der Waals surface area contributed by atoms with E-state index < -0.39 is 37.8 Å². The summed E-state index contributed by atoms with van der Waals surface area (Å²) >= 11 is 0. The van der Waals surface area contributed by atoms with Crippen LogP contribution in [-0.4, -0.2) is 18.3 Å². The number of nitrogens with zero attached hydrogens (tertiary/aromatic N) is 2. The van der Waals surface area contributed by atoms with Crippen LogP contribution in [-0.2, 0) is 10.0 Å². The van der Waals surface area contributed by atoms with Gasteiger partial charge in [0.25, 0.3) is 21.5 Å². The summed E-state index contributed by atoms with van der Waals surface area (Å²) in [6.07, 6.45) is -3.14. The van der Waals surface area contributed by atoms with Crippen molar-refractivity contribution in [2.45, 2.75) is 11.5 Å². The van der Waals surface area contributed by atoms with Crippen molar-refractivity contribution in [3.63, 3.8) is 0 Å². The summed E-state index contributed by atoms with van der Waals surface area (Å²) in [6.45, 7) is 0. The summed E-state index contributed by atoms with van der Waals surface area (Å²) < 4.78 is 46.5. The first-order valence-electron chi connectivity index (χ1n) is 3.69. The van der Waals surface area contributed by atoms with Gasteiger partial charge in [0.15, 0.2) is 0 Å². The van der Waals surface area contributed by atoms with E-state index in [1.54, 1.807) is 0 Å². The number of sulfonamides is 1. The van der Waals surface area contributed by atoms with Gasteiger partial charge in [-0.25, -0.2) is 22.3 Å². The van der Waals surface area contributed by atoms with Crippen molar-refractivity contribution in [1.82, 2.24) is 4.98 Å². The molecule has 0 aliphatic carbocycles. The number of pyridine rings is 1. The van der Waals surface area contributed by atoms with Crippen molar-refractivity contribution < 1.29 is 22.1 Å². The largest absolute Gasteiger partial charge is 0.364 e. The summed E-state index contributed by atoms with van der Waals surface area (Å²) in [7, 11) is -4.53. The maximum absolute atomic E-state index is 12.4. The average molecular weight is 253 g/mol. The Labute approximate surface area is 88.1 Å². The van der Waals surface area contributed by atoms with Crippen LogP contribution in [0.4, 0.5) is 14.6 Å². The number of aromatic nitrogens is 1. The van der Waals surface area contributed by atoms with E-state index in [1.807, 2.05) is 0 Å². The molecule has 0 aliphatic rings. The van der Waals surface area contributed by atoms with Crippen LogP contribution in [0.3, 0.4) is 0 Å². The number of nitrogens with two attached hydrogens (primary N) is 1. The zero-order valence-electron chi connectivity index (χ0n) is 7.50. The minimum absolute atomic E-state index is 0.607. The van der Waals surface area contributed by atoms with E-state index in [1.165, 1.54) is 0 Å². The zero-order chi connectivity index (χ0) is 12.5. The topological polar surface area (TPSA) is 116 Å². The molecule has 2 N–H and O–H groups in total. The lowest BCUT2D eigenvalue weighted by molar-refractivity contribution is -0.390. The van der Waals surface area contributed by atoms with E-state index in [0.29, 0.717) is 12.1 Å². The molecule has 1 rings (SSSR count). The van der Waals surface area contributed by atoms with Gasteiger partial charge >= 0.3 is 5.82 Å². The molecule has 0 unspecified atom stereocenters. The van der Waals surface area contributed by atoms with Gasteiger partial charge in [0.05, 0.1) is 5.56 Å². The number of primary sulfonamides is 1. The summed E-state index contributed by atoms with van der Waals surface area (Å²) in [5.74, 6) is -0.867. The maximum atomic E-state index is 12.4. The van der Waals surface area contributed by atoms with Crippen molar-refractivity contribution in [1.29, 1.82) is 0 Å². The monoisotopic (exact) mass is 253 g/mol. The zero-order valence-corrected chi connectivity index (χ0v) is 8.32. The van der Waals surface area contributed by atoms with Crippen molar-refractivity contribution in [3.8, 4) is 0 Å². The fraction of sp³-hybridized carbons (Fsp3) is 0.167. The summed E-state index contributed by atoms with van der Waals surface area (Å²) in [4.78, 5) is 12.2. The third kappa shape index (κ3) is 2.46. The molecule has 1 aromatic rings. The Bertz CT molecular complexity index is 531. The van der Waals surface area contributed by atoms with E-state index in [-0.39, 0.29) is 0 Å². The smallest absolute Gasteiger partial charge is 0.358 e. The molecule has 0 saturated heterocycles. The Balaban J connectivity index is 3.51. The normalized spacial score (nSPS) is 11.8. The van der Waals surface area contributed by atoms with Gasteiger partial charge in [-0.2, -0.15) is 0 Å². The van der Waals surface area contributed by atoms with Crippen molar-refractivity contribution >= 4 is 15.8 Å². The highest BCUT2D eigenvalue weighted by molar-refractivity contribution is 7.89. The van der Waals surface area contributed by atoms with E-state index in [2.05, 4.69) is 10.1 Å². The Morgan fingerprint density at radius 2 is 2.00 bits per heavy atom. The summed E-state index contributed by atoms with van der Waals surface area (Å²) in [5, 5.41) is 13.7. The molecule has 0 spiro atoms. The van der Waals surface area contributed by atoms with Gasteiger partial charge in [-0.1, -0.05) is 0 Å². The molecule has 16 heavy (non-hydrogen) atoms. The highest BCUT2D eigenvalue weighted by Crippen LogP contribution is 2.26. The van der Waals surface area contributed by atoms with Crippen LogP contribution < -0.4 is 5.14 Å². The van der Waals surface area contributed by atoms with Gasteiger partial charge in [-0.15, -0.1) is 0 Å². The highest BCUT2D eigenvalue weighted by Gasteiger charge is 2.29. The summed E-state index contributed by atoms with van der Waals surface area (Å²) in [5.41, 5.74) is -0.965. The van der Waals surface area contributed by atoms with Gasteiger partial charge < -0.3 is 10.1 Å². The van der Waals surface area contributed by atoms with E-state index in [0.717, 1.165) is 0 Å². The van der Waals surface area contributed by atoms with Gasteiger partial charge in [-0.3, -0.25) is 0 Å². The fourth-order valence-corrected chi connectivity index (χ4v) is 1.64. The number of hydrogen-bond donors (Lipinski definition) is 1. The lowest BCUT2D eigenvalue weighted by atomic mass is 10.3. The van der Waals surface area contributed by atoms with E-state index in [9.17, 15) is 27.3 Å². The predicted molar refractivity (Wildman–Crippen MR) is 47.2 cm³/mol. The van der Waals surface area contributed by atoms with Gasteiger partial charge in [-0.05, 0) is 16.0 Å². The molecule has 0 amide bonds. The van der Waals surface area contributed by atoms with Crippen molar-refractivity contribution in [2.24, 2.45) is 5.14 Å².